The first kappa shape index (κ1) is 21.6. The van der Waals surface area contributed by atoms with Gasteiger partial charge in [-0.15, -0.1) is 13.2 Å². The molecule has 2 saturated heterocycles. The summed E-state index contributed by atoms with van der Waals surface area (Å²) in [4.78, 5) is 17.3. The molecule has 7 nitrogen and oxygen atoms in total. The van der Waals surface area contributed by atoms with Crippen molar-refractivity contribution in [3.8, 4) is 11.4 Å². The summed E-state index contributed by atoms with van der Waals surface area (Å²) in [6.45, 7) is 6.13. The van der Waals surface area contributed by atoms with Crippen molar-refractivity contribution in [2.75, 3.05) is 26.2 Å². The first-order valence-electron chi connectivity index (χ1n) is 10.3. The quantitative estimate of drug-likeness (QED) is 0.795. The molecule has 168 valence electrons. The molecule has 10 heteroatoms. The average molecular weight is 438 g/mol. The van der Waals surface area contributed by atoms with E-state index >= 15 is 0 Å². The largest absolute Gasteiger partial charge is 0.573 e. The number of halogens is 3. The molecule has 0 spiro atoms. The fourth-order valence-electron chi connectivity index (χ4n) is 4.50. The molecule has 2 fully saturated rings. The van der Waals surface area contributed by atoms with Gasteiger partial charge in [0.1, 0.15) is 5.75 Å². The van der Waals surface area contributed by atoms with Crippen LogP contribution in [0.4, 0.5) is 13.2 Å². The fraction of sp³-hybridized carbons (Fsp3) is 0.524. The molecular formula is C21H25F3N4O3. The highest BCUT2D eigenvalue weighted by molar-refractivity contribution is 5.96. The number of likely N-dealkylation sites (tertiary alicyclic amines) is 2. The molecule has 1 aromatic carbocycles. The van der Waals surface area contributed by atoms with E-state index in [2.05, 4.69) is 14.7 Å². The molecule has 1 amide bonds. The van der Waals surface area contributed by atoms with E-state index in [9.17, 15) is 23.1 Å². The van der Waals surface area contributed by atoms with Crippen molar-refractivity contribution >= 4 is 5.91 Å². The molecule has 2 atom stereocenters. The van der Waals surface area contributed by atoms with Gasteiger partial charge in [0.25, 0.3) is 5.91 Å². The van der Waals surface area contributed by atoms with Crippen molar-refractivity contribution in [2.45, 2.75) is 45.2 Å². The van der Waals surface area contributed by atoms with E-state index < -0.39 is 6.36 Å². The van der Waals surface area contributed by atoms with Gasteiger partial charge in [-0.2, -0.15) is 5.10 Å². The maximum atomic E-state index is 13.2. The van der Waals surface area contributed by atoms with E-state index in [4.69, 9.17) is 0 Å². The van der Waals surface area contributed by atoms with E-state index in [1.807, 2.05) is 0 Å². The maximum Gasteiger partial charge on any atom is 0.573 e. The van der Waals surface area contributed by atoms with Gasteiger partial charge < -0.3 is 14.7 Å². The van der Waals surface area contributed by atoms with Crippen LogP contribution in [0.25, 0.3) is 5.69 Å². The lowest BCUT2D eigenvalue weighted by molar-refractivity contribution is -0.274. The minimum Gasteiger partial charge on any atom is -0.406 e. The summed E-state index contributed by atoms with van der Waals surface area (Å²) in [5.74, 6) is -0.480. The summed E-state index contributed by atoms with van der Waals surface area (Å²) < 4.78 is 43.1. The first-order valence-corrected chi connectivity index (χ1v) is 10.3. The number of β-amino-alcohol motifs (C(OH)–C–C–N with tert-alkyl or cyclic N) is 1. The molecule has 2 aliphatic rings. The van der Waals surface area contributed by atoms with Gasteiger partial charge in [0, 0.05) is 38.3 Å². The van der Waals surface area contributed by atoms with E-state index in [1.165, 1.54) is 22.9 Å². The van der Waals surface area contributed by atoms with Crippen LogP contribution in [0.3, 0.4) is 0 Å². The third-order valence-corrected chi connectivity index (χ3v) is 5.96. The Morgan fingerprint density at radius 2 is 1.97 bits per heavy atom. The minimum absolute atomic E-state index is 0.133. The Bertz CT molecular complexity index is 975. The number of rotatable bonds is 4. The zero-order chi connectivity index (χ0) is 22.3. The maximum absolute atomic E-state index is 13.2. The molecule has 0 aliphatic carbocycles. The van der Waals surface area contributed by atoms with Gasteiger partial charge in [-0.05, 0) is 38.8 Å². The van der Waals surface area contributed by atoms with Gasteiger partial charge in [-0.25, -0.2) is 4.68 Å². The number of aliphatic hydroxyl groups excluding tert-OH is 1. The van der Waals surface area contributed by atoms with Crippen molar-refractivity contribution in [3.05, 3.63) is 41.2 Å². The number of aliphatic hydroxyl groups is 1. The number of aromatic nitrogens is 2. The highest BCUT2D eigenvalue weighted by atomic mass is 19.4. The lowest BCUT2D eigenvalue weighted by Crippen LogP contribution is -2.38. The van der Waals surface area contributed by atoms with Crippen molar-refractivity contribution in [1.82, 2.24) is 19.6 Å². The van der Waals surface area contributed by atoms with Crippen LogP contribution >= 0.6 is 0 Å². The van der Waals surface area contributed by atoms with Crippen LogP contribution in [-0.4, -0.2) is 75.3 Å². The highest BCUT2D eigenvalue weighted by Gasteiger charge is 2.36. The molecule has 0 radical (unpaired) electrons. The van der Waals surface area contributed by atoms with E-state index in [0.717, 1.165) is 19.4 Å². The number of hydrogen-bond acceptors (Lipinski definition) is 5. The number of nitrogens with zero attached hydrogens (tertiary/aromatic N) is 4. The van der Waals surface area contributed by atoms with Crippen molar-refractivity contribution < 1.29 is 27.8 Å². The second-order valence-electron chi connectivity index (χ2n) is 8.13. The number of amides is 1. The van der Waals surface area contributed by atoms with Crippen molar-refractivity contribution in [2.24, 2.45) is 0 Å². The summed E-state index contributed by atoms with van der Waals surface area (Å²) in [6.07, 6.45) is -3.48. The Morgan fingerprint density at radius 1 is 1.19 bits per heavy atom. The highest BCUT2D eigenvalue weighted by Crippen LogP contribution is 2.28. The molecule has 0 unspecified atom stereocenters. The number of aryl methyl sites for hydroxylation is 1. The number of carbonyl (C=O) groups excluding carboxylic acids is 1. The normalized spacial score (nSPS) is 22.3. The fourth-order valence-corrected chi connectivity index (χ4v) is 4.50. The van der Waals surface area contributed by atoms with Crippen LogP contribution in [0, 0.1) is 13.8 Å². The summed E-state index contributed by atoms with van der Waals surface area (Å²) in [5.41, 5.74) is 1.92. The van der Waals surface area contributed by atoms with Crippen LogP contribution in [-0.2, 0) is 0 Å². The van der Waals surface area contributed by atoms with Gasteiger partial charge in [-0.1, -0.05) is 6.07 Å². The number of hydrogen-bond donors (Lipinski definition) is 1. The standard InChI is InChI=1S/C21H25F3N4O3/c1-13-19(20(30)27-8-6-16(11-27)26-9-7-17(29)12-26)14(2)28(25-13)15-4-3-5-18(10-15)31-21(22,23)24/h3-5,10,16-17,29H,6-9,11-12H2,1-2H3/t16-,17-/m1/s1. The lowest BCUT2D eigenvalue weighted by Gasteiger charge is -2.23. The number of ether oxygens (including phenoxy) is 1. The van der Waals surface area contributed by atoms with Crippen LogP contribution in [0.5, 0.6) is 5.75 Å². The molecule has 4 rings (SSSR count). The third kappa shape index (κ3) is 4.54. The van der Waals surface area contributed by atoms with Crippen LogP contribution in [0.15, 0.2) is 24.3 Å². The Kier molecular flexibility index (Phi) is 5.69. The second-order valence-corrected chi connectivity index (χ2v) is 8.13. The Balaban J connectivity index is 1.53. The number of benzene rings is 1. The van der Waals surface area contributed by atoms with Gasteiger partial charge in [0.2, 0.25) is 0 Å². The van der Waals surface area contributed by atoms with E-state index in [-0.39, 0.29) is 23.8 Å². The topological polar surface area (TPSA) is 70.8 Å². The van der Waals surface area contributed by atoms with Gasteiger partial charge in [0.05, 0.1) is 28.7 Å². The lowest BCUT2D eigenvalue weighted by atomic mass is 10.1. The average Bonchev–Trinajstić information content (AvgIpc) is 3.39. The zero-order valence-corrected chi connectivity index (χ0v) is 17.4. The summed E-state index contributed by atoms with van der Waals surface area (Å²) in [6, 6.07) is 5.75. The first-order chi connectivity index (χ1) is 14.6. The van der Waals surface area contributed by atoms with E-state index in [0.29, 0.717) is 42.3 Å². The molecular weight excluding hydrogens is 413 g/mol. The SMILES string of the molecule is Cc1nn(-c2cccc(OC(F)(F)F)c2)c(C)c1C(=O)N1CC[C@@H](N2CC[C@@H](O)C2)C1. The molecule has 1 aromatic heterocycles. The molecule has 2 aliphatic heterocycles. The molecule has 0 bridgehead atoms. The second kappa shape index (κ2) is 8.16. The smallest absolute Gasteiger partial charge is 0.406 e. The van der Waals surface area contributed by atoms with Crippen LogP contribution in [0.1, 0.15) is 34.6 Å². The van der Waals surface area contributed by atoms with Gasteiger partial charge >= 0.3 is 6.36 Å². The predicted octanol–water partition coefficient (Wildman–Crippen LogP) is 2.67. The molecule has 31 heavy (non-hydrogen) atoms. The molecule has 1 N–H and O–H groups in total. The summed E-state index contributed by atoms with van der Waals surface area (Å²) in [7, 11) is 0. The summed E-state index contributed by atoms with van der Waals surface area (Å²) in [5, 5.41) is 14.2. The molecule has 3 heterocycles. The van der Waals surface area contributed by atoms with Crippen molar-refractivity contribution in [1.29, 1.82) is 0 Å². The Hall–Kier alpha value is -2.59. The summed E-state index contributed by atoms with van der Waals surface area (Å²) >= 11 is 0. The van der Waals surface area contributed by atoms with Crippen molar-refractivity contribution in [3.63, 3.8) is 0 Å². The predicted molar refractivity (Wildman–Crippen MR) is 106 cm³/mol. The molecule has 2 aromatic rings. The van der Waals surface area contributed by atoms with Gasteiger partial charge in [0.15, 0.2) is 0 Å². The zero-order valence-electron chi connectivity index (χ0n) is 17.4. The third-order valence-electron chi connectivity index (χ3n) is 5.96. The van der Waals surface area contributed by atoms with Crippen LogP contribution < -0.4 is 4.74 Å². The van der Waals surface area contributed by atoms with Crippen LogP contribution in [0.2, 0.25) is 0 Å². The molecule has 0 saturated carbocycles. The van der Waals surface area contributed by atoms with E-state index in [1.54, 1.807) is 24.8 Å². The Morgan fingerprint density at radius 3 is 2.65 bits per heavy atom. The number of alkyl halides is 3. The Labute approximate surface area is 178 Å². The number of carbonyl (C=O) groups is 1. The monoisotopic (exact) mass is 438 g/mol. The van der Waals surface area contributed by atoms with Gasteiger partial charge in [-0.3, -0.25) is 9.69 Å². The minimum atomic E-state index is -4.79.